The van der Waals surface area contributed by atoms with Gasteiger partial charge in [0.15, 0.2) is 0 Å². The third kappa shape index (κ3) is 2.32. The highest BCUT2D eigenvalue weighted by Crippen LogP contribution is 2.37. The predicted molar refractivity (Wildman–Crippen MR) is 80.4 cm³/mol. The van der Waals surface area contributed by atoms with Crippen molar-refractivity contribution in [3.63, 3.8) is 0 Å². The molecule has 19 heavy (non-hydrogen) atoms. The van der Waals surface area contributed by atoms with Crippen LogP contribution in [0.2, 0.25) is 0 Å². The summed E-state index contributed by atoms with van der Waals surface area (Å²) in [5.74, 6) is 0.399. The molecule has 1 aliphatic rings. The molecule has 0 aliphatic heterocycles. The standard InChI is InChI=1S/C17H27NO/c1-9-10(2)12(4)15(13(5)11(9)3)16(18)17(19)14-7-6-8-14/h14,16-17,19H,6-8,18H2,1-5H3/t16-,17+/m0/s1. The number of nitrogens with two attached hydrogens (primary N) is 1. The van der Waals surface area contributed by atoms with E-state index in [9.17, 15) is 5.11 Å². The van der Waals surface area contributed by atoms with Crippen molar-refractivity contribution in [3.8, 4) is 0 Å². The Morgan fingerprint density at radius 3 is 1.68 bits per heavy atom. The first-order valence-corrected chi connectivity index (χ1v) is 7.36. The topological polar surface area (TPSA) is 46.2 Å². The molecule has 3 N–H and O–H groups in total. The first-order chi connectivity index (χ1) is 8.86. The molecule has 2 heteroatoms. The van der Waals surface area contributed by atoms with Crippen LogP contribution in [0.5, 0.6) is 0 Å². The summed E-state index contributed by atoms with van der Waals surface area (Å²) in [7, 11) is 0. The summed E-state index contributed by atoms with van der Waals surface area (Å²) in [5.41, 5.74) is 14.0. The van der Waals surface area contributed by atoms with Gasteiger partial charge in [-0.3, -0.25) is 0 Å². The maximum Gasteiger partial charge on any atom is 0.0761 e. The van der Waals surface area contributed by atoms with Crippen molar-refractivity contribution in [1.29, 1.82) is 0 Å². The third-order valence-electron chi connectivity index (χ3n) is 5.39. The van der Waals surface area contributed by atoms with Gasteiger partial charge in [0.2, 0.25) is 0 Å². The summed E-state index contributed by atoms with van der Waals surface area (Å²) >= 11 is 0. The molecule has 0 heterocycles. The van der Waals surface area contributed by atoms with Crippen LogP contribution < -0.4 is 5.73 Å². The van der Waals surface area contributed by atoms with E-state index in [0.29, 0.717) is 5.92 Å². The zero-order valence-electron chi connectivity index (χ0n) is 12.9. The van der Waals surface area contributed by atoms with Gasteiger partial charge in [0.25, 0.3) is 0 Å². The van der Waals surface area contributed by atoms with Crippen LogP contribution in [0.4, 0.5) is 0 Å². The van der Waals surface area contributed by atoms with Gasteiger partial charge in [-0.05, 0) is 86.8 Å². The Balaban J connectivity index is 2.43. The van der Waals surface area contributed by atoms with Gasteiger partial charge in [-0.25, -0.2) is 0 Å². The molecular formula is C17H27NO. The molecule has 0 radical (unpaired) electrons. The minimum Gasteiger partial charge on any atom is -0.391 e. The van der Waals surface area contributed by atoms with Crippen LogP contribution in [0.1, 0.15) is 58.7 Å². The summed E-state index contributed by atoms with van der Waals surface area (Å²) in [4.78, 5) is 0. The molecule has 2 rings (SSSR count). The van der Waals surface area contributed by atoms with Gasteiger partial charge in [0.1, 0.15) is 0 Å². The molecule has 1 saturated carbocycles. The minimum absolute atomic E-state index is 0.247. The van der Waals surface area contributed by atoms with Gasteiger partial charge < -0.3 is 10.8 Å². The van der Waals surface area contributed by atoms with Gasteiger partial charge in [-0.1, -0.05) is 6.42 Å². The van der Waals surface area contributed by atoms with Crippen LogP contribution in [0.3, 0.4) is 0 Å². The van der Waals surface area contributed by atoms with Crippen LogP contribution in [0, 0.1) is 40.5 Å². The molecule has 1 aromatic carbocycles. The summed E-state index contributed by atoms with van der Waals surface area (Å²) in [6, 6.07) is -0.247. The van der Waals surface area contributed by atoms with Gasteiger partial charge in [0.05, 0.1) is 12.1 Å². The second-order valence-corrected chi connectivity index (χ2v) is 6.25. The first-order valence-electron chi connectivity index (χ1n) is 7.36. The summed E-state index contributed by atoms with van der Waals surface area (Å²) < 4.78 is 0. The fraction of sp³-hybridized carbons (Fsp3) is 0.647. The molecule has 0 aromatic heterocycles. The van der Waals surface area contributed by atoms with Crippen molar-refractivity contribution >= 4 is 0 Å². The number of rotatable bonds is 3. The quantitative estimate of drug-likeness (QED) is 0.876. The first kappa shape index (κ1) is 14.5. The summed E-state index contributed by atoms with van der Waals surface area (Å²) in [5, 5.41) is 10.5. The van der Waals surface area contributed by atoms with E-state index in [1.165, 1.54) is 39.8 Å². The van der Waals surface area contributed by atoms with Crippen molar-refractivity contribution in [2.24, 2.45) is 11.7 Å². The second kappa shape index (κ2) is 5.26. The smallest absolute Gasteiger partial charge is 0.0761 e. The fourth-order valence-corrected chi connectivity index (χ4v) is 3.27. The Morgan fingerprint density at radius 2 is 1.32 bits per heavy atom. The van der Waals surface area contributed by atoms with Gasteiger partial charge in [0, 0.05) is 0 Å². The molecule has 2 atom stereocenters. The lowest BCUT2D eigenvalue weighted by molar-refractivity contribution is 0.0410. The number of aliphatic hydroxyl groups excluding tert-OH is 1. The van der Waals surface area contributed by atoms with E-state index in [4.69, 9.17) is 5.73 Å². The zero-order chi connectivity index (χ0) is 14.3. The van der Waals surface area contributed by atoms with Gasteiger partial charge in [-0.15, -0.1) is 0 Å². The molecule has 1 aliphatic carbocycles. The van der Waals surface area contributed by atoms with Crippen LogP contribution in [0.25, 0.3) is 0 Å². The highest BCUT2D eigenvalue weighted by atomic mass is 16.3. The summed E-state index contributed by atoms with van der Waals surface area (Å²) in [6.07, 6.45) is 3.08. The molecule has 0 bridgehead atoms. The van der Waals surface area contributed by atoms with E-state index in [1.54, 1.807) is 0 Å². The van der Waals surface area contributed by atoms with Crippen LogP contribution >= 0.6 is 0 Å². The van der Waals surface area contributed by atoms with Crippen molar-refractivity contribution in [2.75, 3.05) is 0 Å². The highest BCUT2D eigenvalue weighted by Gasteiger charge is 2.32. The molecule has 106 valence electrons. The van der Waals surface area contributed by atoms with Gasteiger partial charge in [-0.2, -0.15) is 0 Å². The Bertz CT molecular complexity index is 460. The predicted octanol–water partition coefficient (Wildman–Crippen LogP) is 3.39. The van der Waals surface area contributed by atoms with E-state index in [-0.39, 0.29) is 6.04 Å². The Hall–Kier alpha value is -0.860. The van der Waals surface area contributed by atoms with Crippen LogP contribution in [-0.4, -0.2) is 11.2 Å². The third-order valence-corrected chi connectivity index (χ3v) is 5.39. The summed E-state index contributed by atoms with van der Waals surface area (Å²) in [6.45, 7) is 10.8. The average molecular weight is 261 g/mol. The molecule has 1 aromatic rings. The molecule has 0 spiro atoms. The van der Waals surface area contributed by atoms with Crippen LogP contribution in [0.15, 0.2) is 0 Å². The normalized spacial score (nSPS) is 19.1. The number of aliphatic hydroxyl groups is 1. The average Bonchev–Trinajstić information content (AvgIpc) is 2.32. The number of hydrogen-bond acceptors (Lipinski definition) is 2. The van der Waals surface area contributed by atoms with Crippen molar-refractivity contribution in [2.45, 2.75) is 66.0 Å². The van der Waals surface area contributed by atoms with E-state index in [1.807, 2.05) is 0 Å². The Morgan fingerprint density at radius 1 is 0.895 bits per heavy atom. The van der Waals surface area contributed by atoms with Crippen molar-refractivity contribution in [3.05, 3.63) is 33.4 Å². The zero-order valence-corrected chi connectivity index (χ0v) is 12.9. The number of benzene rings is 1. The lowest BCUT2D eigenvalue weighted by atomic mass is 9.75. The van der Waals surface area contributed by atoms with Crippen molar-refractivity contribution < 1.29 is 5.11 Å². The lowest BCUT2D eigenvalue weighted by Gasteiger charge is -2.35. The minimum atomic E-state index is -0.396. The van der Waals surface area contributed by atoms with E-state index < -0.39 is 6.10 Å². The highest BCUT2D eigenvalue weighted by molar-refractivity contribution is 5.50. The van der Waals surface area contributed by atoms with E-state index in [0.717, 1.165) is 12.8 Å². The molecule has 1 fully saturated rings. The fourth-order valence-electron chi connectivity index (χ4n) is 3.27. The largest absolute Gasteiger partial charge is 0.391 e. The molecule has 0 unspecified atom stereocenters. The molecule has 0 amide bonds. The maximum atomic E-state index is 10.5. The Labute approximate surface area is 117 Å². The van der Waals surface area contributed by atoms with E-state index >= 15 is 0 Å². The lowest BCUT2D eigenvalue weighted by Crippen LogP contribution is -2.37. The van der Waals surface area contributed by atoms with E-state index in [2.05, 4.69) is 34.6 Å². The van der Waals surface area contributed by atoms with Crippen LogP contribution in [-0.2, 0) is 0 Å². The monoisotopic (exact) mass is 261 g/mol. The number of hydrogen-bond donors (Lipinski definition) is 2. The Kier molecular flexibility index (Phi) is 4.03. The molecule has 0 saturated heterocycles. The van der Waals surface area contributed by atoms with Crippen molar-refractivity contribution in [1.82, 2.24) is 0 Å². The van der Waals surface area contributed by atoms with Gasteiger partial charge >= 0.3 is 0 Å². The SMILES string of the molecule is Cc1c(C)c(C)c([C@H](N)[C@H](O)C2CCC2)c(C)c1C. The second-order valence-electron chi connectivity index (χ2n) is 6.25. The molecular weight excluding hydrogens is 234 g/mol. The maximum absolute atomic E-state index is 10.5. The molecule has 2 nitrogen and oxygen atoms in total.